The Bertz CT molecular complexity index is 463. The number of nitrogens with zero attached hydrogens (tertiary/aromatic N) is 1. The molecule has 5 nitrogen and oxygen atoms in total. The number of hydrogen-bond acceptors (Lipinski definition) is 5. The van der Waals surface area contributed by atoms with Gasteiger partial charge in [0.25, 0.3) is 0 Å². The van der Waals surface area contributed by atoms with Crippen molar-refractivity contribution in [3.8, 4) is 0 Å². The van der Waals surface area contributed by atoms with Gasteiger partial charge in [-0.15, -0.1) is 0 Å². The van der Waals surface area contributed by atoms with E-state index in [0.29, 0.717) is 5.56 Å². The van der Waals surface area contributed by atoms with E-state index in [1.165, 1.54) is 12.4 Å². The van der Waals surface area contributed by atoms with Gasteiger partial charge >= 0.3 is 11.9 Å². The summed E-state index contributed by atoms with van der Waals surface area (Å²) in [5, 5.41) is 0. The summed E-state index contributed by atoms with van der Waals surface area (Å²) >= 11 is 0. The van der Waals surface area contributed by atoms with Gasteiger partial charge in [-0.3, -0.25) is 9.78 Å². The molecule has 0 radical (unpaired) electrons. The van der Waals surface area contributed by atoms with Gasteiger partial charge in [0.1, 0.15) is 5.60 Å². The Morgan fingerprint density at radius 1 is 1.10 bits per heavy atom. The van der Waals surface area contributed by atoms with Gasteiger partial charge in [0.05, 0.1) is 5.92 Å². The maximum Gasteiger partial charge on any atom is 0.352 e. The number of esters is 2. The van der Waals surface area contributed by atoms with Crippen molar-refractivity contribution in [2.45, 2.75) is 46.3 Å². The third kappa shape index (κ3) is 4.99. The van der Waals surface area contributed by atoms with Crippen LogP contribution in [-0.4, -0.2) is 22.5 Å². The Kier molecular flexibility index (Phi) is 5.25. The molecule has 0 aliphatic carbocycles. The molecule has 1 aromatic rings. The van der Waals surface area contributed by atoms with Crippen molar-refractivity contribution >= 4 is 11.9 Å². The van der Waals surface area contributed by atoms with Crippen LogP contribution in [0.15, 0.2) is 24.5 Å². The van der Waals surface area contributed by atoms with Crippen LogP contribution < -0.4 is 0 Å². The number of pyridine rings is 1. The molecule has 0 saturated carbocycles. The maximum atomic E-state index is 12.2. The first kappa shape index (κ1) is 16.1. The molecule has 0 aliphatic heterocycles. The first-order valence-electron chi connectivity index (χ1n) is 6.54. The van der Waals surface area contributed by atoms with E-state index in [4.69, 9.17) is 9.47 Å². The smallest absolute Gasteiger partial charge is 0.352 e. The Hall–Kier alpha value is -1.91. The Balaban J connectivity index is 2.96. The van der Waals surface area contributed by atoms with Crippen molar-refractivity contribution in [1.82, 2.24) is 4.98 Å². The SMILES string of the molecule is CC(C)C(=O)OC(C(=O)OC(C)(C)C)c1ccncc1. The molecule has 0 saturated heterocycles. The van der Waals surface area contributed by atoms with Crippen molar-refractivity contribution in [2.75, 3.05) is 0 Å². The van der Waals surface area contributed by atoms with Gasteiger partial charge in [-0.2, -0.15) is 0 Å². The number of rotatable bonds is 4. The highest BCUT2D eigenvalue weighted by atomic mass is 16.6. The number of ether oxygens (including phenoxy) is 2. The van der Waals surface area contributed by atoms with Crippen molar-refractivity contribution in [3.05, 3.63) is 30.1 Å². The first-order valence-corrected chi connectivity index (χ1v) is 6.54. The normalized spacial score (nSPS) is 12.9. The second kappa shape index (κ2) is 6.50. The van der Waals surface area contributed by atoms with Crippen LogP contribution in [0.3, 0.4) is 0 Å². The van der Waals surface area contributed by atoms with Crippen LogP contribution >= 0.6 is 0 Å². The van der Waals surface area contributed by atoms with Crippen LogP contribution in [0, 0.1) is 5.92 Å². The Morgan fingerprint density at radius 2 is 1.65 bits per heavy atom. The van der Waals surface area contributed by atoms with Gasteiger partial charge in [-0.25, -0.2) is 4.79 Å². The zero-order valence-corrected chi connectivity index (χ0v) is 12.5. The molecule has 1 atom stereocenters. The van der Waals surface area contributed by atoms with E-state index in [9.17, 15) is 9.59 Å². The minimum absolute atomic E-state index is 0.318. The lowest BCUT2D eigenvalue weighted by molar-refractivity contribution is -0.178. The van der Waals surface area contributed by atoms with Crippen LogP contribution in [-0.2, 0) is 19.1 Å². The lowest BCUT2D eigenvalue weighted by atomic mass is 10.1. The standard InChI is InChI=1S/C15H21NO4/c1-10(2)13(17)19-12(11-6-8-16-9-7-11)14(18)20-15(3,4)5/h6-10,12H,1-5H3. The van der Waals surface area contributed by atoms with Crippen molar-refractivity contribution in [2.24, 2.45) is 5.92 Å². The predicted molar refractivity (Wildman–Crippen MR) is 73.8 cm³/mol. The molecule has 1 aromatic heterocycles. The van der Waals surface area contributed by atoms with E-state index in [1.54, 1.807) is 46.8 Å². The molecule has 0 amide bonds. The highest BCUT2D eigenvalue weighted by Crippen LogP contribution is 2.23. The topological polar surface area (TPSA) is 65.5 Å². The van der Waals surface area contributed by atoms with Crippen LogP contribution in [0.4, 0.5) is 0 Å². The zero-order chi connectivity index (χ0) is 15.3. The molecule has 0 spiro atoms. The molecule has 110 valence electrons. The van der Waals surface area contributed by atoms with E-state index in [0.717, 1.165) is 0 Å². The van der Waals surface area contributed by atoms with E-state index in [1.807, 2.05) is 0 Å². The van der Waals surface area contributed by atoms with Gasteiger partial charge < -0.3 is 9.47 Å². The van der Waals surface area contributed by atoms with Crippen LogP contribution in [0.1, 0.15) is 46.3 Å². The molecule has 1 rings (SSSR count). The van der Waals surface area contributed by atoms with E-state index >= 15 is 0 Å². The molecule has 0 aromatic carbocycles. The molecule has 20 heavy (non-hydrogen) atoms. The molecule has 0 fully saturated rings. The van der Waals surface area contributed by atoms with Crippen molar-refractivity contribution in [1.29, 1.82) is 0 Å². The predicted octanol–water partition coefficient (Wildman–Crippen LogP) is 2.66. The average Bonchev–Trinajstić information content (AvgIpc) is 2.34. The quantitative estimate of drug-likeness (QED) is 0.793. The van der Waals surface area contributed by atoms with E-state index in [2.05, 4.69) is 4.98 Å². The monoisotopic (exact) mass is 279 g/mol. The van der Waals surface area contributed by atoms with Crippen LogP contribution in [0.2, 0.25) is 0 Å². The van der Waals surface area contributed by atoms with E-state index in [-0.39, 0.29) is 5.92 Å². The number of aromatic nitrogens is 1. The molecule has 1 heterocycles. The van der Waals surface area contributed by atoms with Gasteiger partial charge in [0.2, 0.25) is 6.10 Å². The third-order valence-electron chi connectivity index (χ3n) is 2.34. The summed E-state index contributed by atoms with van der Waals surface area (Å²) < 4.78 is 10.6. The summed E-state index contributed by atoms with van der Waals surface area (Å²) in [5.41, 5.74) is -0.102. The number of carbonyl (C=O) groups excluding carboxylic acids is 2. The lowest BCUT2D eigenvalue weighted by Crippen LogP contribution is -2.30. The minimum atomic E-state index is -1.06. The first-order chi connectivity index (χ1) is 9.20. The van der Waals surface area contributed by atoms with Crippen LogP contribution in [0.25, 0.3) is 0 Å². The minimum Gasteiger partial charge on any atom is -0.457 e. The number of hydrogen-bond donors (Lipinski definition) is 0. The zero-order valence-electron chi connectivity index (χ0n) is 12.5. The van der Waals surface area contributed by atoms with E-state index < -0.39 is 23.6 Å². The fourth-order valence-electron chi connectivity index (χ4n) is 1.40. The second-order valence-corrected chi connectivity index (χ2v) is 5.79. The summed E-state index contributed by atoms with van der Waals surface area (Å²) in [6, 6.07) is 3.25. The highest BCUT2D eigenvalue weighted by molar-refractivity contribution is 5.81. The second-order valence-electron chi connectivity index (χ2n) is 5.79. The molecule has 0 N–H and O–H groups in total. The maximum absolute atomic E-state index is 12.2. The molecule has 0 aliphatic rings. The van der Waals surface area contributed by atoms with Gasteiger partial charge in [-0.1, -0.05) is 13.8 Å². The summed E-state index contributed by atoms with van der Waals surface area (Å²) in [7, 11) is 0. The van der Waals surface area contributed by atoms with Crippen LogP contribution in [0.5, 0.6) is 0 Å². The fraction of sp³-hybridized carbons (Fsp3) is 0.533. The molecular weight excluding hydrogens is 258 g/mol. The lowest BCUT2D eigenvalue weighted by Gasteiger charge is -2.24. The fourth-order valence-corrected chi connectivity index (χ4v) is 1.40. The highest BCUT2D eigenvalue weighted by Gasteiger charge is 2.30. The summed E-state index contributed by atoms with van der Waals surface area (Å²) in [5.74, 6) is -1.35. The average molecular weight is 279 g/mol. The molecule has 0 bridgehead atoms. The van der Waals surface area contributed by atoms with Gasteiger partial charge in [0.15, 0.2) is 0 Å². The molecule has 1 unspecified atom stereocenters. The largest absolute Gasteiger partial charge is 0.457 e. The Labute approximate surface area is 119 Å². The molecular formula is C15H21NO4. The van der Waals surface area contributed by atoms with Crippen molar-refractivity contribution in [3.63, 3.8) is 0 Å². The van der Waals surface area contributed by atoms with Crippen molar-refractivity contribution < 1.29 is 19.1 Å². The summed E-state index contributed by atoms with van der Waals surface area (Å²) in [6.07, 6.45) is 2.01. The molecule has 5 heteroatoms. The number of carbonyl (C=O) groups is 2. The summed E-state index contributed by atoms with van der Waals surface area (Å²) in [6.45, 7) is 8.71. The Morgan fingerprint density at radius 3 is 2.10 bits per heavy atom. The summed E-state index contributed by atoms with van der Waals surface area (Å²) in [4.78, 5) is 27.8. The van der Waals surface area contributed by atoms with Gasteiger partial charge in [-0.05, 0) is 32.9 Å². The van der Waals surface area contributed by atoms with Gasteiger partial charge in [0, 0.05) is 18.0 Å². The third-order valence-corrected chi connectivity index (χ3v) is 2.34.